The predicted octanol–water partition coefficient (Wildman–Crippen LogP) is 0.442. The third kappa shape index (κ3) is 2.37. The number of imidazole rings is 1. The maximum Gasteiger partial charge on any atom is 0.243 e. The molecule has 128 valence electrons. The van der Waals surface area contributed by atoms with E-state index >= 15 is 4.39 Å². The molecule has 0 bridgehead atoms. The third-order valence-corrected chi connectivity index (χ3v) is 4.18. The standard InChI is InChI=1S/C14H16FN5O3S/c1-3-4-14(15)9(22)8(6(2)21)23-12(14)20-5-17-7-10(20)18-13(16)19-11(7)24/h5-6,8-9,12,21-22H,1-2H3,(H3,16,18,19,24)/t6-,8-,9?,12-,14-/m1/s1. The molecule has 2 aromatic rings. The van der Waals surface area contributed by atoms with E-state index in [0.717, 1.165) is 0 Å². The van der Waals surface area contributed by atoms with E-state index < -0.39 is 30.2 Å². The van der Waals surface area contributed by atoms with Crippen molar-refractivity contribution >= 4 is 29.3 Å². The number of alkyl halides is 1. The normalized spacial score (nSPS) is 31.0. The Labute approximate surface area is 141 Å². The number of aliphatic hydroxyl groups is 2. The van der Waals surface area contributed by atoms with Crippen molar-refractivity contribution in [2.75, 3.05) is 5.73 Å². The zero-order valence-electron chi connectivity index (χ0n) is 12.9. The van der Waals surface area contributed by atoms with Crippen LogP contribution >= 0.6 is 12.2 Å². The van der Waals surface area contributed by atoms with Crippen LogP contribution in [-0.4, -0.2) is 53.7 Å². The first-order valence-corrected chi connectivity index (χ1v) is 7.57. The van der Waals surface area contributed by atoms with Crippen molar-refractivity contribution in [3.8, 4) is 11.8 Å². The van der Waals surface area contributed by atoms with Crippen LogP contribution in [0.5, 0.6) is 0 Å². The molecule has 0 spiro atoms. The van der Waals surface area contributed by atoms with Gasteiger partial charge in [0.1, 0.15) is 22.4 Å². The second-order valence-electron chi connectivity index (χ2n) is 5.56. The molecule has 1 aliphatic heterocycles. The largest absolute Gasteiger partial charge is 0.391 e. The zero-order valence-corrected chi connectivity index (χ0v) is 13.7. The first kappa shape index (κ1) is 16.8. The Morgan fingerprint density at radius 2 is 2.33 bits per heavy atom. The van der Waals surface area contributed by atoms with Crippen molar-refractivity contribution in [1.82, 2.24) is 19.5 Å². The number of ether oxygens (including phenoxy) is 1. The highest BCUT2D eigenvalue weighted by Gasteiger charge is 2.59. The summed E-state index contributed by atoms with van der Waals surface area (Å²) in [5.41, 5.74) is 3.70. The zero-order chi connectivity index (χ0) is 17.6. The lowest BCUT2D eigenvalue weighted by molar-refractivity contribution is -0.0776. The third-order valence-electron chi connectivity index (χ3n) is 3.88. The van der Waals surface area contributed by atoms with Gasteiger partial charge >= 0.3 is 0 Å². The van der Waals surface area contributed by atoms with Crippen LogP contribution in [0.15, 0.2) is 6.33 Å². The van der Waals surface area contributed by atoms with E-state index in [1.165, 1.54) is 24.7 Å². The molecular formula is C14H16FN5O3S. The molecule has 24 heavy (non-hydrogen) atoms. The lowest BCUT2D eigenvalue weighted by Gasteiger charge is -2.23. The molecule has 3 heterocycles. The van der Waals surface area contributed by atoms with Crippen molar-refractivity contribution in [3.63, 3.8) is 0 Å². The number of H-pyrrole nitrogens is 1. The van der Waals surface area contributed by atoms with E-state index in [2.05, 4.69) is 26.8 Å². The molecule has 0 aromatic carbocycles. The Hall–Kier alpha value is -2.06. The molecule has 5 atom stereocenters. The predicted molar refractivity (Wildman–Crippen MR) is 86.0 cm³/mol. The summed E-state index contributed by atoms with van der Waals surface area (Å²) >= 11 is 5.12. The van der Waals surface area contributed by atoms with E-state index in [-0.39, 0.29) is 16.2 Å². The highest BCUT2D eigenvalue weighted by atomic mass is 32.1. The number of hydrogen-bond acceptors (Lipinski definition) is 7. The van der Waals surface area contributed by atoms with Crippen LogP contribution in [0.1, 0.15) is 20.1 Å². The Balaban J connectivity index is 2.20. The Morgan fingerprint density at radius 3 is 2.96 bits per heavy atom. The number of anilines is 1. The smallest absolute Gasteiger partial charge is 0.243 e. The fourth-order valence-electron chi connectivity index (χ4n) is 2.79. The molecule has 10 heteroatoms. The van der Waals surface area contributed by atoms with Crippen LogP contribution in [0, 0.1) is 16.5 Å². The summed E-state index contributed by atoms with van der Waals surface area (Å²) in [6.07, 6.45) is -3.99. The molecule has 5 N–H and O–H groups in total. The van der Waals surface area contributed by atoms with Gasteiger partial charge in [-0.05, 0) is 13.8 Å². The SMILES string of the molecule is CC#C[C@@]1(F)C(O)[C@@H]([C@@H](C)O)O[C@H]1n1cnc2c(=S)[nH]c(N)nc21. The van der Waals surface area contributed by atoms with Gasteiger partial charge in [0.05, 0.1) is 12.4 Å². The summed E-state index contributed by atoms with van der Waals surface area (Å²) in [6, 6.07) is 0. The van der Waals surface area contributed by atoms with Crippen LogP contribution in [-0.2, 0) is 4.74 Å². The average Bonchev–Trinajstić information content (AvgIpc) is 3.00. The lowest BCUT2D eigenvalue weighted by atomic mass is 9.94. The van der Waals surface area contributed by atoms with Crippen LogP contribution in [0.25, 0.3) is 11.2 Å². The maximum atomic E-state index is 15.5. The number of nitrogen functional groups attached to an aromatic ring is 1. The molecule has 1 fully saturated rings. The van der Waals surface area contributed by atoms with Gasteiger partial charge in [0.15, 0.2) is 11.9 Å². The highest BCUT2D eigenvalue weighted by Crippen LogP contribution is 2.43. The van der Waals surface area contributed by atoms with Crippen LogP contribution in [0.4, 0.5) is 10.3 Å². The number of hydrogen-bond donors (Lipinski definition) is 4. The minimum atomic E-state index is -2.46. The van der Waals surface area contributed by atoms with E-state index in [0.29, 0.717) is 5.52 Å². The Kier molecular flexibility index (Phi) is 4.05. The summed E-state index contributed by atoms with van der Waals surface area (Å²) in [6.45, 7) is 2.84. The molecule has 0 saturated carbocycles. The van der Waals surface area contributed by atoms with E-state index in [1.807, 2.05) is 0 Å². The molecule has 1 saturated heterocycles. The summed E-state index contributed by atoms with van der Waals surface area (Å²) < 4.78 is 22.5. The first-order chi connectivity index (χ1) is 11.3. The molecule has 8 nitrogen and oxygen atoms in total. The Morgan fingerprint density at radius 1 is 1.62 bits per heavy atom. The van der Waals surface area contributed by atoms with Crippen LogP contribution in [0.2, 0.25) is 0 Å². The van der Waals surface area contributed by atoms with Gasteiger partial charge in [0.2, 0.25) is 11.6 Å². The number of nitrogens with two attached hydrogens (primary N) is 1. The summed E-state index contributed by atoms with van der Waals surface area (Å²) in [5.74, 6) is 4.83. The van der Waals surface area contributed by atoms with Gasteiger partial charge in [0.25, 0.3) is 0 Å². The van der Waals surface area contributed by atoms with Crippen molar-refractivity contribution < 1.29 is 19.3 Å². The average molecular weight is 353 g/mol. The monoisotopic (exact) mass is 353 g/mol. The number of halogens is 1. The molecule has 0 aliphatic carbocycles. The van der Waals surface area contributed by atoms with Crippen LogP contribution < -0.4 is 5.73 Å². The Bertz CT molecular complexity index is 901. The van der Waals surface area contributed by atoms with Gasteiger partial charge in [0, 0.05) is 0 Å². The van der Waals surface area contributed by atoms with Crippen molar-refractivity contribution in [1.29, 1.82) is 0 Å². The van der Waals surface area contributed by atoms with Gasteiger partial charge in [-0.2, -0.15) is 4.98 Å². The lowest BCUT2D eigenvalue weighted by Crippen LogP contribution is -2.44. The number of aromatic amines is 1. The summed E-state index contributed by atoms with van der Waals surface area (Å²) in [4.78, 5) is 10.8. The van der Waals surface area contributed by atoms with Gasteiger partial charge in [-0.25, -0.2) is 9.37 Å². The summed E-state index contributed by atoms with van der Waals surface area (Å²) in [5, 5.41) is 20.0. The number of fused-ring (bicyclic) bond motifs is 1. The molecule has 1 aliphatic rings. The van der Waals surface area contributed by atoms with Gasteiger partial charge in [-0.15, -0.1) is 5.92 Å². The molecule has 2 aromatic heterocycles. The maximum absolute atomic E-state index is 15.5. The second-order valence-corrected chi connectivity index (χ2v) is 5.97. The molecule has 1 unspecified atom stereocenters. The molecular weight excluding hydrogens is 337 g/mol. The minimum Gasteiger partial charge on any atom is -0.391 e. The van der Waals surface area contributed by atoms with Crippen molar-refractivity contribution in [2.45, 2.75) is 44.1 Å². The number of nitrogens with zero attached hydrogens (tertiary/aromatic N) is 3. The fourth-order valence-corrected chi connectivity index (χ4v) is 3.04. The van der Waals surface area contributed by atoms with Crippen LogP contribution in [0.3, 0.4) is 0 Å². The second kappa shape index (κ2) is 5.78. The van der Waals surface area contributed by atoms with Crippen molar-refractivity contribution in [3.05, 3.63) is 11.0 Å². The van der Waals surface area contributed by atoms with Gasteiger partial charge in [-0.1, -0.05) is 18.1 Å². The van der Waals surface area contributed by atoms with E-state index in [4.69, 9.17) is 22.7 Å². The highest BCUT2D eigenvalue weighted by molar-refractivity contribution is 7.71. The molecule has 0 radical (unpaired) electrons. The van der Waals surface area contributed by atoms with E-state index in [9.17, 15) is 10.2 Å². The van der Waals surface area contributed by atoms with Gasteiger partial charge in [-0.3, -0.25) is 4.57 Å². The van der Waals surface area contributed by atoms with Gasteiger partial charge < -0.3 is 25.7 Å². The molecule has 3 rings (SSSR count). The number of aromatic nitrogens is 4. The first-order valence-electron chi connectivity index (χ1n) is 7.16. The summed E-state index contributed by atoms with van der Waals surface area (Å²) in [7, 11) is 0. The van der Waals surface area contributed by atoms with Crippen molar-refractivity contribution in [2.24, 2.45) is 0 Å². The number of rotatable bonds is 2. The molecule has 0 amide bonds. The minimum absolute atomic E-state index is 0.0332. The number of nitrogens with one attached hydrogen (secondary N) is 1. The quantitative estimate of drug-likeness (QED) is 0.456. The fraction of sp³-hybridized carbons (Fsp3) is 0.500. The number of aliphatic hydroxyl groups excluding tert-OH is 2. The topological polar surface area (TPSA) is 122 Å². The van der Waals surface area contributed by atoms with E-state index in [1.54, 1.807) is 0 Å².